The number of halogens is 3. The van der Waals surface area contributed by atoms with E-state index in [0.29, 0.717) is 6.42 Å². The van der Waals surface area contributed by atoms with Crippen molar-refractivity contribution in [3.05, 3.63) is 65.0 Å². The van der Waals surface area contributed by atoms with Crippen molar-refractivity contribution in [1.82, 2.24) is 4.98 Å². The minimum atomic E-state index is -4.44. The van der Waals surface area contributed by atoms with Gasteiger partial charge >= 0.3 is 6.18 Å². The summed E-state index contributed by atoms with van der Waals surface area (Å²) in [5, 5.41) is 10.2. The quantitative estimate of drug-likeness (QED) is 0.703. The summed E-state index contributed by atoms with van der Waals surface area (Å²) in [5.41, 5.74) is 4.76. The third-order valence-electron chi connectivity index (χ3n) is 4.76. The molecule has 2 nitrogen and oxygen atoms in total. The van der Waals surface area contributed by atoms with Crippen LogP contribution in [0, 0.1) is 6.92 Å². The van der Waals surface area contributed by atoms with Crippen LogP contribution in [0.1, 0.15) is 54.1 Å². The molecular weight excluding hydrogens is 339 g/mol. The summed E-state index contributed by atoms with van der Waals surface area (Å²) in [7, 11) is 0. The molecule has 1 aliphatic carbocycles. The Labute approximate surface area is 150 Å². The Morgan fingerprint density at radius 2 is 1.85 bits per heavy atom. The molecule has 2 aromatic rings. The van der Waals surface area contributed by atoms with Gasteiger partial charge in [-0.1, -0.05) is 6.58 Å². The lowest BCUT2D eigenvalue weighted by Crippen LogP contribution is -2.05. The Bertz CT molecular complexity index is 910. The highest BCUT2D eigenvalue weighted by Gasteiger charge is 2.32. The van der Waals surface area contributed by atoms with Crippen molar-refractivity contribution in [3.63, 3.8) is 0 Å². The maximum Gasteiger partial charge on any atom is 0.416 e. The lowest BCUT2D eigenvalue weighted by Gasteiger charge is -2.14. The predicted octanol–water partition coefficient (Wildman–Crippen LogP) is 6.24. The molecule has 26 heavy (non-hydrogen) atoms. The van der Waals surface area contributed by atoms with Gasteiger partial charge in [0, 0.05) is 17.5 Å². The van der Waals surface area contributed by atoms with E-state index in [0.717, 1.165) is 64.6 Å². The van der Waals surface area contributed by atoms with Gasteiger partial charge in [-0.3, -0.25) is 4.98 Å². The Hall–Kier alpha value is -2.56. The molecule has 0 saturated carbocycles. The maximum atomic E-state index is 13.1. The van der Waals surface area contributed by atoms with Gasteiger partial charge in [0.15, 0.2) is 0 Å². The number of alkyl halides is 3. The zero-order valence-corrected chi connectivity index (χ0v) is 14.7. The zero-order chi connectivity index (χ0) is 19.1. The highest BCUT2D eigenvalue weighted by atomic mass is 19.4. The van der Waals surface area contributed by atoms with E-state index >= 15 is 0 Å². The monoisotopic (exact) mass is 359 g/mol. The number of aryl methyl sites for hydroxylation is 1. The second-order valence-corrected chi connectivity index (χ2v) is 6.68. The number of nitrogens with zero attached hydrogens (tertiary/aromatic N) is 1. The van der Waals surface area contributed by atoms with Crippen LogP contribution >= 0.6 is 0 Å². The molecule has 136 valence electrons. The SMILES string of the molecule is C=C(C)c1cc(C2=C(c3cc(C(F)(F)F)ccc3O)CCC2)cnc1C. The van der Waals surface area contributed by atoms with Crippen molar-refractivity contribution in [2.45, 2.75) is 39.3 Å². The van der Waals surface area contributed by atoms with E-state index in [2.05, 4.69) is 11.6 Å². The van der Waals surface area contributed by atoms with Crippen LogP contribution < -0.4 is 0 Å². The van der Waals surface area contributed by atoms with Crippen LogP contribution in [0.25, 0.3) is 16.7 Å². The maximum absolute atomic E-state index is 13.1. The summed E-state index contributed by atoms with van der Waals surface area (Å²) in [6, 6.07) is 5.04. The molecule has 1 aromatic carbocycles. The average molecular weight is 359 g/mol. The lowest BCUT2D eigenvalue weighted by atomic mass is 9.94. The number of hydrogen-bond acceptors (Lipinski definition) is 2. The van der Waals surface area contributed by atoms with Crippen molar-refractivity contribution < 1.29 is 18.3 Å². The topological polar surface area (TPSA) is 33.1 Å². The fraction of sp³-hybridized carbons (Fsp3) is 0.286. The molecule has 0 saturated heterocycles. The van der Waals surface area contributed by atoms with E-state index in [1.54, 1.807) is 6.20 Å². The van der Waals surface area contributed by atoms with Gasteiger partial charge in [0.25, 0.3) is 0 Å². The smallest absolute Gasteiger partial charge is 0.416 e. The van der Waals surface area contributed by atoms with Crippen molar-refractivity contribution in [2.75, 3.05) is 0 Å². The van der Waals surface area contributed by atoms with Gasteiger partial charge in [0.2, 0.25) is 0 Å². The van der Waals surface area contributed by atoms with E-state index in [1.165, 1.54) is 0 Å². The first-order valence-corrected chi connectivity index (χ1v) is 8.44. The van der Waals surface area contributed by atoms with Gasteiger partial charge in [-0.2, -0.15) is 13.2 Å². The zero-order valence-electron chi connectivity index (χ0n) is 14.7. The van der Waals surface area contributed by atoms with E-state index in [1.807, 2.05) is 19.9 Å². The third kappa shape index (κ3) is 3.39. The van der Waals surface area contributed by atoms with Crippen LogP contribution in [0.4, 0.5) is 13.2 Å². The number of phenolic OH excluding ortho intramolecular Hbond substituents is 1. The fourth-order valence-electron chi connectivity index (χ4n) is 3.44. The summed E-state index contributed by atoms with van der Waals surface area (Å²) in [6.07, 6.45) is -0.504. The average Bonchev–Trinajstić information content (AvgIpc) is 3.03. The van der Waals surface area contributed by atoms with E-state index in [4.69, 9.17) is 0 Å². The van der Waals surface area contributed by atoms with E-state index in [-0.39, 0.29) is 11.3 Å². The van der Waals surface area contributed by atoms with Crippen molar-refractivity contribution in [1.29, 1.82) is 0 Å². The van der Waals surface area contributed by atoms with Crippen LogP contribution in [0.3, 0.4) is 0 Å². The largest absolute Gasteiger partial charge is 0.507 e. The van der Waals surface area contributed by atoms with Crippen LogP contribution in [-0.4, -0.2) is 10.1 Å². The summed E-state index contributed by atoms with van der Waals surface area (Å²) in [6.45, 7) is 7.76. The summed E-state index contributed by atoms with van der Waals surface area (Å²) >= 11 is 0. The van der Waals surface area contributed by atoms with Gasteiger partial charge < -0.3 is 5.11 Å². The Balaban J connectivity index is 2.16. The second-order valence-electron chi connectivity index (χ2n) is 6.68. The first kappa shape index (κ1) is 18.2. The van der Waals surface area contributed by atoms with Crippen LogP contribution in [0.2, 0.25) is 0 Å². The molecule has 1 aromatic heterocycles. The van der Waals surface area contributed by atoms with Crippen LogP contribution in [0.5, 0.6) is 5.75 Å². The number of benzene rings is 1. The predicted molar refractivity (Wildman–Crippen MR) is 97.5 cm³/mol. The molecule has 0 spiro atoms. The second kappa shape index (κ2) is 6.63. The molecule has 1 N–H and O–H groups in total. The molecule has 0 radical (unpaired) electrons. The lowest BCUT2D eigenvalue weighted by molar-refractivity contribution is -0.137. The molecule has 0 fully saturated rings. The molecular formula is C21H20F3NO. The fourth-order valence-corrected chi connectivity index (χ4v) is 3.44. The molecule has 0 unspecified atom stereocenters. The number of allylic oxidation sites excluding steroid dienone is 3. The first-order valence-electron chi connectivity index (χ1n) is 8.44. The molecule has 0 amide bonds. The van der Waals surface area contributed by atoms with E-state index in [9.17, 15) is 18.3 Å². The third-order valence-corrected chi connectivity index (χ3v) is 4.76. The van der Waals surface area contributed by atoms with Crippen molar-refractivity contribution in [2.24, 2.45) is 0 Å². The van der Waals surface area contributed by atoms with Gasteiger partial charge in [-0.25, -0.2) is 0 Å². The Morgan fingerprint density at radius 3 is 2.50 bits per heavy atom. The van der Waals surface area contributed by atoms with Crippen molar-refractivity contribution in [3.8, 4) is 5.75 Å². The molecule has 0 aliphatic heterocycles. The first-order chi connectivity index (χ1) is 12.2. The van der Waals surface area contributed by atoms with Gasteiger partial charge in [0.05, 0.1) is 5.56 Å². The molecule has 1 heterocycles. The number of rotatable bonds is 3. The Morgan fingerprint density at radius 1 is 1.15 bits per heavy atom. The van der Waals surface area contributed by atoms with Gasteiger partial charge in [-0.05, 0) is 85.2 Å². The van der Waals surface area contributed by atoms with Crippen molar-refractivity contribution >= 4 is 16.7 Å². The van der Waals surface area contributed by atoms with Gasteiger partial charge in [0.1, 0.15) is 5.75 Å². The minimum absolute atomic E-state index is 0.132. The van der Waals surface area contributed by atoms with Gasteiger partial charge in [-0.15, -0.1) is 0 Å². The molecule has 3 rings (SSSR count). The number of phenols is 1. The van der Waals surface area contributed by atoms with E-state index < -0.39 is 11.7 Å². The standard InChI is InChI=1S/C21H20F3NO/c1-12(2)18-9-14(11-25-13(18)3)16-5-4-6-17(16)19-10-15(21(22,23)24)7-8-20(19)26/h7-11,26H,1,4-6H2,2-3H3. The normalized spacial score (nSPS) is 14.8. The summed E-state index contributed by atoms with van der Waals surface area (Å²) in [5.74, 6) is -0.132. The highest BCUT2D eigenvalue weighted by Crippen LogP contribution is 2.44. The molecule has 0 bridgehead atoms. The van der Waals surface area contributed by atoms with Crippen LogP contribution in [-0.2, 0) is 6.18 Å². The number of aromatic hydroxyl groups is 1. The number of aromatic nitrogens is 1. The van der Waals surface area contributed by atoms with Crippen LogP contribution in [0.15, 0.2) is 37.0 Å². The molecule has 5 heteroatoms. The summed E-state index contributed by atoms with van der Waals surface area (Å²) < 4.78 is 39.2. The minimum Gasteiger partial charge on any atom is -0.507 e. The number of pyridine rings is 1. The molecule has 0 atom stereocenters. The number of hydrogen-bond donors (Lipinski definition) is 1. The molecule has 1 aliphatic rings. The summed E-state index contributed by atoms with van der Waals surface area (Å²) in [4.78, 5) is 4.41. The highest BCUT2D eigenvalue weighted by molar-refractivity contribution is 5.94. The Kier molecular flexibility index (Phi) is 4.65.